The third-order valence-electron chi connectivity index (χ3n) is 5.28. The van der Waals surface area contributed by atoms with Crippen molar-refractivity contribution in [1.82, 2.24) is 15.6 Å². The number of thiazole rings is 1. The molecular weight excluding hydrogens is 490 g/mol. The van der Waals surface area contributed by atoms with Gasteiger partial charge >= 0.3 is 5.97 Å². The molecule has 9 nitrogen and oxygen atoms in total. The number of hydrogen-bond acceptors (Lipinski definition) is 8. The van der Waals surface area contributed by atoms with Gasteiger partial charge in [0, 0.05) is 31.0 Å². The van der Waals surface area contributed by atoms with E-state index in [1.807, 2.05) is 24.3 Å². The van der Waals surface area contributed by atoms with Crippen LogP contribution in [0.3, 0.4) is 0 Å². The van der Waals surface area contributed by atoms with Gasteiger partial charge in [-0.25, -0.2) is 9.78 Å². The molecule has 11 heteroatoms. The van der Waals surface area contributed by atoms with Crippen molar-refractivity contribution in [1.29, 1.82) is 0 Å². The number of halogens is 1. The van der Waals surface area contributed by atoms with E-state index < -0.39 is 12.0 Å². The van der Waals surface area contributed by atoms with Crippen LogP contribution >= 0.6 is 22.9 Å². The van der Waals surface area contributed by atoms with Gasteiger partial charge in [-0.15, -0.1) is 0 Å². The number of carbonyl (C=O) groups excluding carboxylic acids is 1. The minimum Gasteiger partial charge on any atom is -0.494 e. The summed E-state index contributed by atoms with van der Waals surface area (Å²) >= 11 is 7.39. The van der Waals surface area contributed by atoms with E-state index in [9.17, 15) is 14.7 Å². The van der Waals surface area contributed by atoms with Crippen LogP contribution in [0, 0.1) is 0 Å². The number of benzene rings is 2. The highest BCUT2D eigenvalue weighted by molar-refractivity contribution is 7.22. The standard InChI is InChI=1S/C24H26ClN5O4S/c25-16-6-9-18-20(14-16)35-24(28-18)29-19(22(32)33)13-15-4-7-17(8-5-15)34-12-1-3-21(31)30-23-26-10-2-11-27-23/h4-9,14,19H,1-3,10-13H2,(H,28,29)(H,32,33)(H2,26,27,30,31)/t19-/m0/s1. The van der Waals surface area contributed by atoms with Crippen LogP contribution in [0.2, 0.25) is 5.02 Å². The fourth-order valence-corrected chi connectivity index (χ4v) is 4.69. The number of nitrogens with zero attached hydrogens (tertiary/aromatic N) is 2. The zero-order valence-corrected chi connectivity index (χ0v) is 20.5. The lowest BCUT2D eigenvalue weighted by atomic mass is 10.1. The second-order valence-electron chi connectivity index (χ2n) is 8.03. The number of rotatable bonds is 10. The van der Waals surface area contributed by atoms with E-state index in [0.29, 0.717) is 41.3 Å². The van der Waals surface area contributed by atoms with Gasteiger partial charge in [0.25, 0.3) is 0 Å². The summed E-state index contributed by atoms with van der Waals surface area (Å²) in [5.74, 6) is 0.144. The fourth-order valence-electron chi connectivity index (χ4n) is 3.50. The average molecular weight is 516 g/mol. The maximum atomic E-state index is 12.0. The molecule has 2 aromatic carbocycles. The van der Waals surface area contributed by atoms with Crippen molar-refractivity contribution in [3.63, 3.8) is 0 Å². The monoisotopic (exact) mass is 515 g/mol. The molecular formula is C24H26ClN5O4S. The Morgan fingerprint density at radius 1 is 1.23 bits per heavy atom. The molecule has 1 amide bonds. The number of ether oxygens (including phenoxy) is 1. The number of guanidine groups is 1. The number of nitrogens with one attached hydrogen (secondary N) is 3. The molecule has 0 aliphatic carbocycles. The molecule has 1 aromatic heterocycles. The van der Waals surface area contributed by atoms with Crippen molar-refractivity contribution in [2.24, 2.45) is 4.99 Å². The summed E-state index contributed by atoms with van der Waals surface area (Å²) < 4.78 is 6.61. The Morgan fingerprint density at radius 2 is 2.06 bits per heavy atom. The lowest BCUT2D eigenvalue weighted by Gasteiger charge is -2.15. The minimum absolute atomic E-state index is 0.0967. The molecule has 4 rings (SSSR count). The maximum absolute atomic E-state index is 12.0. The molecule has 2 heterocycles. The molecule has 0 saturated heterocycles. The van der Waals surface area contributed by atoms with E-state index in [1.54, 1.807) is 18.2 Å². The summed E-state index contributed by atoms with van der Waals surface area (Å²) in [4.78, 5) is 32.5. The van der Waals surface area contributed by atoms with Crippen LogP contribution in [-0.2, 0) is 16.0 Å². The molecule has 0 unspecified atom stereocenters. The number of aromatic nitrogens is 1. The molecule has 0 spiro atoms. The van der Waals surface area contributed by atoms with Crippen molar-refractivity contribution in [3.05, 3.63) is 53.1 Å². The number of amides is 1. The van der Waals surface area contributed by atoms with Crippen LogP contribution in [0.15, 0.2) is 47.5 Å². The Hall–Kier alpha value is -3.37. The molecule has 1 atom stereocenters. The van der Waals surface area contributed by atoms with Crippen molar-refractivity contribution in [2.45, 2.75) is 31.7 Å². The zero-order valence-electron chi connectivity index (χ0n) is 18.9. The molecule has 3 aromatic rings. The lowest BCUT2D eigenvalue weighted by molar-refractivity contribution is -0.137. The lowest BCUT2D eigenvalue weighted by Crippen LogP contribution is -2.43. The molecule has 4 N–H and O–H groups in total. The third kappa shape index (κ3) is 7.30. The van der Waals surface area contributed by atoms with E-state index >= 15 is 0 Å². The Labute approximate surface area is 211 Å². The predicted molar refractivity (Wildman–Crippen MR) is 138 cm³/mol. The fraction of sp³-hybridized carbons (Fsp3) is 0.333. The SMILES string of the molecule is O=C(CCCOc1ccc(C[C@H](Nc2nc3ccc(Cl)cc3s2)C(=O)O)cc1)NC1=NCCCN1. The van der Waals surface area contributed by atoms with Gasteiger partial charge < -0.3 is 20.5 Å². The summed E-state index contributed by atoms with van der Waals surface area (Å²) in [5.41, 5.74) is 1.62. The van der Waals surface area contributed by atoms with E-state index in [0.717, 1.165) is 35.3 Å². The van der Waals surface area contributed by atoms with Gasteiger partial charge in [0.05, 0.1) is 16.8 Å². The van der Waals surface area contributed by atoms with Crippen LogP contribution in [0.5, 0.6) is 5.75 Å². The van der Waals surface area contributed by atoms with Gasteiger partial charge in [0.1, 0.15) is 11.8 Å². The van der Waals surface area contributed by atoms with E-state index in [-0.39, 0.29) is 12.3 Å². The van der Waals surface area contributed by atoms with Gasteiger partial charge in [0.15, 0.2) is 11.1 Å². The van der Waals surface area contributed by atoms with Gasteiger partial charge in [-0.1, -0.05) is 35.1 Å². The molecule has 0 fully saturated rings. The summed E-state index contributed by atoms with van der Waals surface area (Å²) in [6, 6.07) is 11.8. The van der Waals surface area contributed by atoms with Crippen molar-refractivity contribution >= 4 is 56.1 Å². The number of carbonyl (C=O) groups is 2. The number of aliphatic carboxylic acids is 1. The first-order chi connectivity index (χ1) is 17.0. The number of anilines is 1. The first-order valence-electron chi connectivity index (χ1n) is 11.3. The smallest absolute Gasteiger partial charge is 0.326 e. The first kappa shape index (κ1) is 24.7. The Kier molecular flexibility index (Phi) is 8.38. The summed E-state index contributed by atoms with van der Waals surface area (Å²) in [6.45, 7) is 1.94. The number of fused-ring (bicyclic) bond motifs is 1. The molecule has 0 saturated carbocycles. The van der Waals surface area contributed by atoms with Crippen LogP contribution in [0.25, 0.3) is 10.2 Å². The van der Waals surface area contributed by atoms with Crippen LogP contribution < -0.4 is 20.7 Å². The summed E-state index contributed by atoms with van der Waals surface area (Å²) in [7, 11) is 0. The van der Waals surface area contributed by atoms with Gasteiger partial charge in [-0.05, 0) is 48.7 Å². The Balaban J connectivity index is 1.24. The van der Waals surface area contributed by atoms with Gasteiger partial charge in [-0.3, -0.25) is 15.1 Å². The topological polar surface area (TPSA) is 125 Å². The highest BCUT2D eigenvalue weighted by Crippen LogP contribution is 2.29. The molecule has 0 bridgehead atoms. The second kappa shape index (κ2) is 11.9. The second-order valence-corrected chi connectivity index (χ2v) is 9.49. The van der Waals surface area contributed by atoms with Crippen molar-refractivity contribution in [2.75, 3.05) is 25.0 Å². The maximum Gasteiger partial charge on any atom is 0.326 e. The highest BCUT2D eigenvalue weighted by Gasteiger charge is 2.20. The van der Waals surface area contributed by atoms with E-state index in [4.69, 9.17) is 16.3 Å². The zero-order chi connectivity index (χ0) is 24.6. The first-order valence-corrected chi connectivity index (χ1v) is 12.5. The number of aliphatic imine (C=N–C) groups is 1. The van der Waals surface area contributed by atoms with Gasteiger partial charge in [-0.2, -0.15) is 0 Å². The molecule has 35 heavy (non-hydrogen) atoms. The molecule has 0 radical (unpaired) electrons. The van der Waals surface area contributed by atoms with E-state index in [2.05, 4.69) is 25.9 Å². The predicted octanol–water partition coefficient (Wildman–Crippen LogP) is 3.68. The van der Waals surface area contributed by atoms with Crippen LogP contribution in [-0.4, -0.2) is 53.7 Å². The molecule has 1 aliphatic heterocycles. The average Bonchev–Trinajstić information content (AvgIpc) is 3.24. The van der Waals surface area contributed by atoms with Crippen molar-refractivity contribution < 1.29 is 19.4 Å². The van der Waals surface area contributed by atoms with Gasteiger partial charge in [0.2, 0.25) is 5.91 Å². The normalized spacial score (nSPS) is 14.0. The van der Waals surface area contributed by atoms with Crippen LogP contribution in [0.4, 0.5) is 5.13 Å². The largest absolute Gasteiger partial charge is 0.494 e. The Bertz CT molecular complexity index is 1210. The molecule has 1 aliphatic rings. The minimum atomic E-state index is -0.963. The van der Waals surface area contributed by atoms with Crippen LogP contribution in [0.1, 0.15) is 24.8 Å². The number of carboxylic acids is 1. The van der Waals surface area contributed by atoms with Crippen molar-refractivity contribution in [3.8, 4) is 5.75 Å². The highest BCUT2D eigenvalue weighted by atomic mass is 35.5. The van der Waals surface area contributed by atoms with E-state index in [1.165, 1.54) is 11.3 Å². The Morgan fingerprint density at radius 3 is 2.80 bits per heavy atom. The molecule has 184 valence electrons. The summed E-state index contributed by atoms with van der Waals surface area (Å²) in [6.07, 6.45) is 2.16. The number of carboxylic acid groups (broad SMARTS) is 1. The quantitative estimate of drug-likeness (QED) is 0.303. The number of hydrogen-bond donors (Lipinski definition) is 4. The third-order valence-corrected chi connectivity index (χ3v) is 6.47. The summed E-state index contributed by atoms with van der Waals surface area (Å²) in [5, 5.41) is 19.7.